The maximum absolute atomic E-state index is 12.9. The van der Waals surface area contributed by atoms with Crippen LogP contribution in [0.5, 0.6) is 0 Å². The Morgan fingerprint density at radius 1 is 1.14 bits per heavy atom. The van der Waals surface area contributed by atoms with Gasteiger partial charge in [-0.1, -0.05) is 42.1 Å². The molecule has 0 unspecified atom stereocenters. The van der Waals surface area contributed by atoms with Crippen molar-refractivity contribution < 1.29 is 4.79 Å². The molecule has 7 heteroatoms. The van der Waals surface area contributed by atoms with E-state index >= 15 is 0 Å². The van der Waals surface area contributed by atoms with E-state index in [1.165, 1.54) is 18.4 Å². The molecule has 2 aliphatic rings. The molecule has 1 aromatic carbocycles. The summed E-state index contributed by atoms with van der Waals surface area (Å²) in [6, 6.07) is 10.5. The number of carbonyl (C=O) groups excluding carboxylic acids is 1. The van der Waals surface area contributed by atoms with Crippen molar-refractivity contribution in [2.45, 2.75) is 56.1 Å². The minimum Gasteiger partial charge on any atom is -0.339 e. The standard InChI is InChI=1S/C21H29N5OS/c1-3-26-19(18-9-10-18)22-23-21(26)28-16(2)20(27)25-13-11-24(12-14-25)15-17-7-5-4-6-8-17/h4-8,16,18H,3,9-15H2,1-2H3/t16-/m0/s1. The zero-order valence-corrected chi connectivity index (χ0v) is 17.6. The number of nitrogens with zero attached hydrogens (tertiary/aromatic N) is 5. The molecular formula is C21H29N5OS. The number of piperazine rings is 1. The summed E-state index contributed by atoms with van der Waals surface area (Å²) in [6.45, 7) is 9.38. The van der Waals surface area contributed by atoms with Gasteiger partial charge in [-0.05, 0) is 32.3 Å². The summed E-state index contributed by atoms with van der Waals surface area (Å²) in [4.78, 5) is 17.4. The summed E-state index contributed by atoms with van der Waals surface area (Å²) in [5.74, 6) is 1.88. The molecule has 2 fully saturated rings. The molecule has 0 radical (unpaired) electrons. The predicted octanol–water partition coefficient (Wildman–Crippen LogP) is 3.00. The number of amides is 1. The van der Waals surface area contributed by atoms with Crippen molar-refractivity contribution in [2.75, 3.05) is 26.2 Å². The molecule has 1 atom stereocenters. The average molecular weight is 400 g/mol. The van der Waals surface area contributed by atoms with Crippen molar-refractivity contribution in [3.05, 3.63) is 41.7 Å². The summed E-state index contributed by atoms with van der Waals surface area (Å²) >= 11 is 1.55. The number of carbonyl (C=O) groups is 1. The van der Waals surface area contributed by atoms with Crippen molar-refractivity contribution in [1.82, 2.24) is 24.6 Å². The lowest BCUT2D eigenvalue weighted by atomic mass is 10.2. The van der Waals surface area contributed by atoms with Crippen LogP contribution in [-0.4, -0.2) is 61.9 Å². The van der Waals surface area contributed by atoms with Gasteiger partial charge in [0.1, 0.15) is 5.82 Å². The Balaban J connectivity index is 1.30. The number of hydrogen-bond acceptors (Lipinski definition) is 5. The van der Waals surface area contributed by atoms with E-state index in [0.29, 0.717) is 5.92 Å². The third-order valence-corrected chi connectivity index (χ3v) is 6.64. The largest absolute Gasteiger partial charge is 0.339 e. The smallest absolute Gasteiger partial charge is 0.235 e. The first-order valence-corrected chi connectivity index (χ1v) is 11.2. The molecule has 1 saturated carbocycles. The Kier molecular flexibility index (Phi) is 6.01. The molecule has 1 amide bonds. The summed E-state index contributed by atoms with van der Waals surface area (Å²) in [7, 11) is 0. The van der Waals surface area contributed by atoms with Gasteiger partial charge in [0.05, 0.1) is 5.25 Å². The van der Waals surface area contributed by atoms with E-state index in [1.54, 1.807) is 11.8 Å². The van der Waals surface area contributed by atoms with E-state index in [9.17, 15) is 4.79 Å². The van der Waals surface area contributed by atoms with Crippen molar-refractivity contribution in [3.8, 4) is 0 Å². The molecule has 150 valence electrons. The van der Waals surface area contributed by atoms with Gasteiger partial charge in [-0.25, -0.2) is 0 Å². The summed E-state index contributed by atoms with van der Waals surface area (Å²) in [5, 5.41) is 9.50. The first kappa shape index (κ1) is 19.5. The lowest BCUT2D eigenvalue weighted by Crippen LogP contribution is -2.50. The van der Waals surface area contributed by atoms with Gasteiger partial charge in [0.25, 0.3) is 0 Å². The highest BCUT2D eigenvalue weighted by atomic mass is 32.2. The van der Waals surface area contributed by atoms with Crippen LogP contribution < -0.4 is 0 Å². The summed E-state index contributed by atoms with van der Waals surface area (Å²) in [6.07, 6.45) is 2.43. The van der Waals surface area contributed by atoms with Gasteiger partial charge in [-0.3, -0.25) is 9.69 Å². The van der Waals surface area contributed by atoms with Crippen LogP contribution >= 0.6 is 11.8 Å². The fraction of sp³-hybridized carbons (Fsp3) is 0.571. The number of aromatic nitrogens is 3. The van der Waals surface area contributed by atoms with E-state index in [4.69, 9.17) is 0 Å². The van der Waals surface area contributed by atoms with Crippen LogP contribution in [0.1, 0.15) is 44.0 Å². The first-order chi connectivity index (χ1) is 13.7. The van der Waals surface area contributed by atoms with Crippen LogP contribution in [-0.2, 0) is 17.9 Å². The Labute approximate surface area is 171 Å². The van der Waals surface area contributed by atoms with Crippen LogP contribution in [0.15, 0.2) is 35.5 Å². The van der Waals surface area contributed by atoms with Gasteiger partial charge in [0.15, 0.2) is 5.16 Å². The van der Waals surface area contributed by atoms with E-state index in [0.717, 1.165) is 50.2 Å². The Bertz CT molecular complexity index is 796. The minimum absolute atomic E-state index is 0.137. The van der Waals surface area contributed by atoms with Crippen LogP contribution in [0, 0.1) is 0 Å². The van der Waals surface area contributed by atoms with E-state index in [2.05, 4.69) is 50.9 Å². The lowest BCUT2D eigenvalue weighted by Gasteiger charge is -2.35. The van der Waals surface area contributed by atoms with E-state index in [-0.39, 0.29) is 11.2 Å². The average Bonchev–Trinajstić information content (AvgIpc) is 3.49. The summed E-state index contributed by atoms with van der Waals surface area (Å²) < 4.78 is 2.18. The zero-order chi connectivity index (χ0) is 19.5. The van der Waals surface area contributed by atoms with Crippen LogP contribution in [0.3, 0.4) is 0 Å². The highest BCUT2D eigenvalue weighted by Crippen LogP contribution is 2.40. The molecule has 28 heavy (non-hydrogen) atoms. The van der Waals surface area contributed by atoms with Gasteiger partial charge in [-0.15, -0.1) is 10.2 Å². The van der Waals surface area contributed by atoms with Crippen molar-refractivity contribution >= 4 is 17.7 Å². The number of thioether (sulfide) groups is 1. The number of benzene rings is 1. The third-order valence-electron chi connectivity index (χ3n) is 5.57. The van der Waals surface area contributed by atoms with Gasteiger partial charge in [-0.2, -0.15) is 0 Å². The molecule has 2 heterocycles. The fourth-order valence-corrected chi connectivity index (χ4v) is 4.77. The molecule has 1 saturated heterocycles. The Morgan fingerprint density at radius 2 is 1.86 bits per heavy atom. The molecule has 1 aliphatic heterocycles. The quantitative estimate of drug-likeness (QED) is 0.670. The SMILES string of the molecule is CCn1c(S[C@@H](C)C(=O)N2CCN(Cc3ccccc3)CC2)nnc1C1CC1. The second-order valence-electron chi connectivity index (χ2n) is 7.71. The van der Waals surface area contributed by atoms with E-state index in [1.807, 2.05) is 17.9 Å². The molecule has 4 rings (SSSR count). The third kappa shape index (κ3) is 4.41. The van der Waals surface area contributed by atoms with E-state index < -0.39 is 0 Å². The molecule has 0 N–H and O–H groups in total. The second-order valence-corrected chi connectivity index (χ2v) is 9.01. The lowest BCUT2D eigenvalue weighted by molar-refractivity contribution is -0.132. The molecule has 1 aliphatic carbocycles. The van der Waals surface area contributed by atoms with Gasteiger partial charge >= 0.3 is 0 Å². The molecule has 1 aromatic heterocycles. The molecule has 2 aromatic rings. The Morgan fingerprint density at radius 3 is 2.50 bits per heavy atom. The molecule has 6 nitrogen and oxygen atoms in total. The highest BCUT2D eigenvalue weighted by Gasteiger charge is 2.31. The number of rotatable bonds is 7. The normalized spacial score (nSPS) is 19.0. The second kappa shape index (κ2) is 8.66. The monoisotopic (exact) mass is 399 g/mol. The van der Waals surface area contributed by atoms with Crippen molar-refractivity contribution in [2.24, 2.45) is 0 Å². The fourth-order valence-electron chi connectivity index (χ4n) is 3.76. The number of hydrogen-bond donors (Lipinski definition) is 0. The zero-order valence-electron chi connectivity index (χ0n) is 16.8. The molecule has 0 bridgehead atoms. The van der Waals surface area contributed by atoms with Crippen molar-refractivity contribution in [1.29, 1.82) is 0 Å². The maximum Gasteiger partial charge on any atom is 0.235 e. The predicted molar refractivity (Wildman–Crippen MR) is 111 cm³/mol. The van der Waals surface area contributed by atoms with Crippen LogP contribution in [0.4, 0.5) is 0 Å². The maximum atomic E-state index is 12.9. The highest BCUT2D eigenvalue weighted by molar-refractivity contribution is 8.00. The Hall–Kier alpha value is -1.86. The molecular weight excluding hydrogens is 370 g/mol. The first-order valence-electron chi connectivity index (χ1n) is 10.3. The van der Waals surface area contributed by atoms with Gasteiger partial charge < -0.3 is 9.47 Å². The minimum atomic E-state index is -0.137. The van der Waals surface area contributed by atoms with Gasteiger partial charge in [0.2, 0.25) is 5.91 Å². The topological polar surface area (TPSA) is 54.3 Å². The van der Waals surface area contributed by atoms with Crippen LogP contribution in [0.25, 0.3) is 0 Å². The van der Waals surface area contributed by atoms with Gasteiger partial charge in [0, 0.05) is 45.2 Å². The molecule has 0 spiro atoms. The summed E-state index contributed by atoms with van der Waals surface area (Å²) in [5.41, 5.74) is 1.33. The van der Waals surface area contributed by atoms with Crippen molar-refractivity contribution in [3.63, 3.8) is 0 Å². The van der Waals surface area contributed by atoms with Crippen LogP contribution in [0.2, 0.25) is 0 Å².